The summed E-state index contributed by atoms with van der Waals surface area (Å²) in [7, 11) is 0. The molecule has 0 aromatic heterocycles. The van der Waals surface area contributed by atoms with Crippen LogP contribution in [0.5, 0.6) is 11.5 Å². The highest BCUT2D eigenvalue weighted by Crippen LogP contribution is 2.12. The zero-order valence-electron chi connectivity index (χ0n) is 12.2. The lowest BCUT2D eigenvalue weighted by Gasteiger charge is -2.04. The Morgan fingerprint density at radius 3 is 2.74 bits per heavy atom. The lowest BCUT2D eigenvalue weighted by Crippen LogP contribution is -2.24. The van der Waals surface area contributed by atoms with Crippen molar-refractivity contribution in [2.75, 3.05) is 6.61 Å². The van der Waals surface area contributed by atoms with Crippen LogP contribution in [0.15, 0.2) is 66.5 Å². The van der Waals surface area contributed by atoms with Crippen molar-refractivity contribution in [3.8, 4) is 11.5 Å². The van der Waals surface area contributed by atoms with E-state index >= 15 is 0 Å². The Morgan fingerprint density at radius 2 is 2.00 bits per heavy atom. The van der Waals surface area contributed by atoms with Crippen LogP contribution in [-0.4, -0.2) is 18.7 Å². The predicted octanol–water partition coefficient (Wildman–Crippen LogP) is 2.88. The van der Waals surface area contributed by atoms with Gasteiger partial charge in [0.05, 0.1) is 12.5 Å². The highest BCUT2D eigenvalue weighted by molar-refractivity contribution is 5.83. The first kappa shape index (κ1) is 16.2. The molecule has 2 aromatic carbocycles. The maximum absolute atomic E-state index is 12.7. The SMILES string of the molecule is C=COc1cccc(/C=N/NC(=O)COc2ccc(F)cc2)c1. The van der Waals surface area contributed by atoms with E-state index in [2.05, 4.69) is 17.1 Å². The van der Waals surface area contributed by atoms with Crippen molar-refractivity contribution in [1.29, 1.82) is 0 Å². The number of rotatable bonds is 7. The third-order valence-corrected chi connectivity index (χ3v) is 2.66. The summed E-state index contributed by atoms with van der Waals surface area (Å²) in [5.74, 6) is 0.230. The highest BCUT2D eigenvalue weighted by Gasteiger charge is 2.01. The monoisotopic (exact) mass is 314 g/mol. The lowest BCUT2D eigenvalue weighted by molar-refractivity contribution is -0.123. The molecule has 1 amide bonds. The van der Waals surface area contributed by atoms with Crippen LogP contribution < -0.4 is 14.9 Å². The van der Waals surface area contributed by atoms with Crippen molar-refractivity contribution in [3.63, 3.8) is 0 Å². The van der Waals surface area contributed by atoms with Gasteiger partial charge in [0, 0.05) is 0 Å². The van der Waals surface area contributed by atoms with Crippen molar-refractivity contribution >= 4 is 12.1 Å². The summed E-state index contributed by atoms with van der Waals surface area (Å²) in [6.07, 6.45) is 2.80. The van der Waals surface area contributed by atoms with E-state index in [0.717, 1.165) is 5.56 Å². The first-order valence-corrected chi connectivity index (χ1v) is 6.75. The molecule has 0 radical (unpaired) electrons. The summed E-state index contributed by atoms with van der Waals surface area (Å²) in [6, 6.07) is 12.5. The fraction of sp³-hybridized carbons (Fsp3) is 0.0588. The van der Waals surface area contributed by atoms with E-state index in [1.807, 2.05) is 0 Å². The van der Waals surface area contributed by atoms with Crippen molar-refractivity contribution in [1.82, 2.24) is 5.43 Å². The van der Waals surface area contributed by atoms with Crippen molar-refractivity contribution in [2.24, 2.45) is 5.10 Å². The van der Waals surface area contributed by atoms with Crippen molar-refractivity contribution in [2.45, 2.75) is 0 Å². The van der Waals surface area contributed by atoms with Crippen LogP contribution in [0.1, 0.15) is 5.56 Å². The van der Waals surface area contributed by atoms with Gasteiger partial charge in [-0.05, 0) is 42.0 Å². The Labute approximate surface area is 133 Å². The van der Waals surface area contributed by atoms with Gasteiger partial charge in [-0.25, -0.2) is 9.82 Å². The number of hydrogen-bond donors (Lipinski definition) is 1. The summed E-state index contributed by atoms with van der Waals surface area (Å²) in [5.41, 5.74) is 3.09. The minimum atomic E-state index is -0.427. The molecular weight excluding hydrogens is 299 g/mol. The smallest absolute Gasteiger partial charge is 0.277 e. The molecule has 0 saturated carbocycles. The van der Waals surface area contributed by atoms with E-state index in [0.29, 0.717) is 11.5 Å². The van der Waals surface area contributed by atoms with Gasteiger partial charge in [0.1, 0.15) is 17.3 Å². The van der Waals surface area contributed by atoms with Gasteiger partial charge in [-0.2, -0.15) is 5.10 Å². The van der Waals surface area contributed by atoms with Crippen LogP contribution in [0.3, 0.4) is 0 Å². The molecule has 118 valence electrons. The summed E-state index contributed by atoms with van der Waals surface area (Å²) in [6.45, 7) is 3.25. The largest absolute Gasteiger partial charge is 0.484 e. The molecule has 0 aliphatic heterocycles. The van der Waals surface area contributed by atoms with Crippen LogP contribution in [0.2, 0.25) is 0 Å². The number of benzene rings is 2. The normalized spacial score (nSPS) is 10.3. The van der Waals surface area contributed by atoms with E-state index < -0.39 is 5.91 Å². The second kappa shape index (κ2) is 8.33. The topological polar surface area (TPSA) is 59.9 Å². The molecule has 0 atom stereocenters. The molecule has 0 fully saturated rings. The standard InChI is InChI=1S/C17H15FN2O3/c1-2-22-16-5-3-4-13(10-16)11-19-20-17(21)12-23-15-8-6-14(18)7-9-15/h2-11H,1,12H2,(H,20,21)/b19-11+. The molecule has 0 saturated heterocycles. The Bertz CT molecular complexity index is 699. The number of halogens is 1. The van der Waals surface area contributed by atoms with Gasteiger partial charge in [0.15, 0.2) is 6.61 Å². The van der Waals surface area contributed by atoms with Gasteiger partial charge in [0.2, 0.25) is 0 Å². The molecule has 1 N–H and O–H groups in total. The summed E-state index contributed by atoms with van der Waals surface area (Å²) >= 11 is 0. The molecule has 0 heterocycles. The predicted molar refractivity (Wildman–Crippen MR) is 84.9 cm³/mol. The number of amides is 1. The van der Waals surface area contributed by atoms with E-state index in [-0.39, 0.29) is 12.4 Å². The number of carbonyl (C=O) groups excluding carboxylic acids is 1. The van der Waals surface area contributed by atoms with Gasteiger partial charge in [-0.15, -0.1) is 0 Å². The Hall–Kier alpha value is -3.15. The average molecular weight is 314 g/mol. The van der Waals surface area contributed by atoms with E-state index in [4.69, 9.17) is 9.47 Å². The number of hydrogen-bond acceptors (Lipinski definition) is 4. The molecule has 6 heteroatoms. The molecule has 0 aliphatic rings. The van der Waals surface area contributed by atoms with Gasteiger partial charge in [0.25, 0.3) is 5.91 Å². The Kier molecular flexibility index (Phi) is 5.88. The molecule has 0 spiro atoms. The number of carbonyl (C=O) groups is 1. The zero-order valence-corrected chi connectivity index (χ0v) is 12.2. The third kappa shape index (κ3) is 5.62. The molecular formula is C17H15FN2O3. The second-order valence-electron chi connectivity index (χ2n) is 4.39. The Morgan fingerprint density at radius 1 is 1.22 bits per heavy atom. The quantitative estimate of drug-likeness (QED) is 0.486. The van der Waals surface area contributed by atoms with Crippen LogP contribution in [-0.2, 0) is 4.79 Å². The summed E-state index contributed by atoms with van der Waals surface area (Å²) in [4.78, 5) is 11.6. The van der Waals surface area contributed by atoms with Gasteiger partial charge >= 0.3 is 0 Å². The number of nitrogens with zero attached hydrogens (tertiary/aromatic N) is 1. The second-order valence-corrected chi connectivity index (χ2v) is 4.39. The van der Waals surface area contributed by atoms with Crippen LogP contribution in [0.25, 0.3) is 0 Å². The number of ether oxygens (including phenoxy) is 2. The van der Waals surface area contributed by atoms with Crippen LogP contribution >= 0.6 is 0 Å². The zero-order chi connectivity index (χ0) is 16.5. The molecule has 5 nitrogen and oxygen atoms in total. The first-order valence-electron chi connectivity index (χ1n) is 6.75. The van der Waals surface area contributed by atoms with Crippen LogP contribution in [0, 0.1) is 5.82 Å². The molecule has 2 rings (SSSR count). The van der Waals surface area contributed by atoms with Crippen molar-refractivity contribution < 1.29 is 18.7 Å². The van der Waals surface area contributed by atoms with E-state index in [9.17, 15) is 9.18 Å². The minimum absolute atomic E-state index is 0.220. The number of nitrogens with one attached hydrogen (secondary N) is 1. The van der Waals surface area contributed by atoms with E-state index in [1.54, 1.807) is 24.3 Å². The molecule has 0 unspecified atom stereocenters. The average Bonchev–Trinajstić information content (AvgIpc) is 2.55. The lowest BCUT2D eigenvalue weighted by atomic mass is 10.2. The maximum atomic E-state index is 12.7. The maximum Gasteiger partial charge on any atom is 0.277 e. The fourth-order valence-corrected chi connectivity index (χ4v) is 1.66. The third-order valence-electron chi connectivity index (χ3n) is 2.66. The summed E-state index contributed by atoms with van der Waals surface area (Å²) < 4.78 is 23.1. The van der Waals surface area contributed by atoms with Gasteiger partial charge in [-0.3, -0.25) is 4.79 Å². The van der Waals surface area contributed by atoms with Crippen LogP contribution in [0.4, 0.5) is 4.39 Å². The molecule has 0 bridgehead atoms. The molecule has 0 aliphatic carbocycles. The van der Waals surface area contributed by atoms with Crippen molar-refractivity contribution in [3.05, 3.63) is 72.8 Å². The Balaban J connectivity index is 1.80. The molecule has 23 heavy (non-hydrogen) atoms. The first-order chi connectivity index (χ1) is 11.2. The van der Waals surface area contributed by atoms with Gasteiger partial charge < -0.3 is 9.47 Å². The highest BCUT2D eigenvalue weighted by atomic mass is 19.1. The number of hydrazone groups is 1. The van der Waals surface area contributed by atoms with Gasteiger partial charge in [-0.1, -0.05) is 18.7 Å². The minimum Gasteiger partial charge on any atom is -0.484 e. The summed E-state index contributed by atoms with van der Waals surface area (Å²) in [5, 5.41) is 3.82. The van der Waals surface area contributed by atoms with E-state index in [1.165, 1.54) is 36.7 Å². The fourth-order valence-electron chi connectivity index (χ4n) is 1.66. The molecule has 2 aromatic rings.